The third-order valence-electron chi connectivity index (χ3n) is 11.1. The van der Waals surface area contributed by atoms with Crippen molar-refractivity contribution in [3.05, 3.63) is 187 Å². The Labute approximate surface area is 316 Å². The van der Waals surface area contributed by atoms with Gasteiger partial charge in [0.15, 0.2) is 0 Å². The number of hydrogen-bond acceptors (Lipinski definition) is 2. The minimum absolute atomic E-state index is 0.590. The smallest absolute Gasteiger partial charge is 0.0998 e. The fraction of sp³-hybridized carbons (Fsp3) is 0. The zero-order valence-corrected chi connectivity index (χ0v) is 29.5. The Morgan fingerprint density at radius 3 is 1.27 bits per heavy atom. The van der Waals surface area contributed by atoms with Crippen molar-refractivity contribution in [3.8, 4) is 40.3 Å². The molecule has 0 aliphatic rings. The molecule has 0 atom stereocenters. The van der Waals surface area contributed by atoms with Crippen LogP contribution in [-0.2, 0) is 0 Å². The van der Waals surface area contributed by atoms with Crippen LogP contribution in [0.3, 0.4) is 0 Å². The number of fused-ring (bicyclic) bond motifs is 9. The summed E-state index contributed by atoms with van der Waals surface area (Å²) in [6.45, 7) is 0. The standard InChI is InChI=1S/C50H29N5/c51-30-32-17-25-49-43(27-32)44-29-37(55-47-15-7-3-11-41(47)42-12-4-8-16-48(42)55)23-26-50(44)54(49)36-22-24-38(34(28-36)31-52)33-18-20-35(21-19-33)53-45-13-5-1-9-39(45)40-10-2-6-14-46(40)53/h1-29H. The number of aromatic nitrogens is 3. The summed E-state index contributed by atoms with van der Waals surface area (Å²) in [4.78, 5) is 0. The second-order valence-electron chi connectivity index (χ2n) is 14.0. The molecule has 3 heterocycles. The topological polar surface area (TPSA) is 62.4 Å². The molecule has 55 heavy (non-hydrogen) atoms. The predicted molar refractivity (Wildman–Crippen MR) is 224 cm³/mol. The quantitative estimate of drug-likeness (QED) is 0.184. The Kier molecular flexibility index (Phi) is 6.61. The second kappa shape index (κ2) is 11.8. The van der Waals surface area contributed by atoms with Gasteiger partial charge in [-0.2, -0.15) is 10.5 Å². The van der Waals surface area contributed by atoms with E-state index in [1.165, 1.54) is 21.5 Å². The molecule has 0 N–H and O–H groups in total. The number of benzene rings is 8. The van der Waals surface area contributed by atoms with E-state index in [2.05, 4.69) is 177 Å². The molecular formula is C50H29N5. The van der Waals surface area contributed by atoms with Crippen LogP contribution < -0.4 is 0 Å². The van der Waals surface area contributed by atoms with E-state index in [0.717, 1.165) is 72.1 Å². The van der Waals surface area contributed by atoms with E-state index in [0.29, 0.717) is 11.1 Å². The Balaban J connectivity index is 1.05. The van der Waals surface area contributed by atoms with Crippen LogP contribution in [0.4, 0.5) is 0 Å². The molecule has 0 unspecified atom stereocenters. The SMILES string of the molecule is N#Cc1ccc2c(c1)c1cc(-n3c4ccccc4c4ccccc43)ccc1n2-c1ccc(-c2ccc(-n3c4ccccc4c4ccccc43)cc2)c(C#N)c1. The zero-order chi connectivity index (χ0) is 36.6. The van der Waals surface area contributed by atoms with Gasteiger partial charge in [0.1, 0.15) is 0 Å². The maximum Gasteiger partial charge on any atom is 0.0998 e. The summed E-state index contributed by atoms with van der Waals surface area (Å²) >= 11 is 0. The fourth-order valence-corrected chi connectivity index (χ4v) is 8.71. The lowest BCUT2D eigenvalue weighted by atomic mass is 9.99. The molecule has 0 spiro atoms. The molecule has 5 heteroatoms. The van der Waals surface area contributed by atoms with Gasteiger partial charge in [0.05, 0.1) is 56.4 Å². The Bertz CT molecular complexity index is 3350. The van der Waals surface area contributed by atoms with E-state index in [1.807, 2.05) is 24.3 Å². The van der Waals surface area contributed by atoms with Crippen molar-refractivity contribution in [2.45, 2.75) is 0 Å². The largest absolute Gasteiger partial charge is 0.309 e. The molecule has 0 radical (unpaired) electrons. The van der Waals surface area contributed by atoms with Crippen LogP contribution in [0.15, 0.2) is 176 Å². The number of nitriles is 2. The highest BCUT2D eigenvalue weighted by Crippen LogP contribution is 2.39. The first-order chi connectivity index (χ1) is 27.2. The van der Waals surface area contributed by atoms with Crippen LogP contribution in [0.1, 0.15) is 11.1 Å². The first kappa shape index (κ1) is 30.7. The molecule has 0 aliphatic heterocycles. The van der Waals surface area contributed by atoms with Crippen molar-refractivity contribution in [1.29, 1.82) is 10.5 Å². The molecule has 0 aliphatic carbocycles. The lowest BCUT2D eigenvalue weighted by molar-refractivity contribution is 1.16. The molecule has 11 aromatic rings. The third-order valence-corrected chi connectivity index (χ3v) is 11.1. The van der Waals surface area contributed by atoms with Crippen molar-refractivity contribution in [1.82, 2.24) is 13.7 Å². The maximum absolute atomic E-state index is 10.6. The summed E-state index contributed by atoms with van der Waals surface area (Å²) in [5, 5.41) is 27.3. The van der Waals surface area contributed by atoms with Crippen LogP contribution in [0.25, 0.3) is 93.6 Å². The van der Waals surface area contributed by atoms with Gasteiger partial charge in [-0.25, -0.2) is 0 Å². The molecule has 8 aromatic carbocycles. The Hall–Kier alpha value is -7.86. The normalized spacial score (nSPS) is 11.6. The Morgan fingerprint density at radius 2 is 0.745 bits per heavy atom. The van der Waals surface area contributed by atoms with Gasteiger partial charge < -0.3 is 13.7 Å². The minimum atomic E-state index is 0.590. The van der Waals surface area contributed by atoms with Crippen molar-refractivity contribution in [2.24, 2.45) is 0 Å². The molecule has 3 aromatic heterocycles. The number of hydrogen-bond donors (Lipinski definition) is 0. The van der Waals surface area contributed by atoms with E-state index < -0.39 is 0 Å². The van der Waals surface area contributed by atoms with Gasteiger partial charge in [0.2, 0.25) is 0 Å². The summed E-state index contributed by atoms with van der Waals surface area (Å²) in [6, 6.07) is 65.9. The summed E-state index contributed by atoms with van der Waals surface area (Å²) in [5.74, 6) is 0. The van der Waals surface area contributed by atoms with Gasteiger partial charge in [-0.15, -0.1) is 0 Å². The molecule has 0 saturated heterocycles. The summed E-state index contributed by atoms with van der Waals surface area (Å²) in [7, 11) is 0. The van der Waals surface area contributed by atoms with Gasteiger partial charge >= 0.3 is 0 Å². The molecular weight excluding hydrogens is 671 g/mol. The number of rotatable bonds is 4. The first-order valence-corrected chi connectivity index (χ1v) is 18.3. The van der Waals surface area contributed by atoms with Crippen LogP contribution in [-0.4, -0.2) is 13.7 Å². The monoisotopic (exact) mass is 699 g/mol. The van der Waals surface area contributed by atoms with E-state index in [9.17, 15) is 10.5 Å². The van der Waals surface area contributed by atoms with E-state index in [-0.39, 0.29) is 0 Å². The zero-order valence-electron chi connectivity index (χ0n) is 29.5. The third kappa shape index (κ3) is 4.51. The predicted octanol–water partition coefficient (Wildman–Crippen LogP) is 12.4. The lowest BCUT2D eigenvalue weighted by Gasteiger charge is -2.13. The van der Waals surface area contributed by atoms with Crippen molar-refractivity contribution in [3.63, 3.8) is 0 Å². The summed E-state index contributed by atoms with van der Waals surface area (Å²) in [5.41, 5.74) is 12.6. The minimum Gasteiger partial charge on any atom is -0.309 e. The van der Waals surface area contributed by atoms with E-state index in [1.54, 1.807) is 0 Å². The average Bonchev–Trinajstić information content (AvgIpc) is 3.89. The van der Waals surface area contributed by atoms with Gasteiger partial charge in [-0.3, -0.25) is 0 Å². The average molecular weight is 700 g/mol. The molecule has 11 rings (SSSR count). The second-order valence-corrected chi connectivity index (χ2v) is 14.0. The van der Waals surface area contributed by atoms with E-state index in [4.69, 9.17) is 0 Å². The highest BCUT2D eigenvalue weighted by Gasteiger charge is 2.18. The van der Waals surface area contributed by atoms with Crippen LogP contribution in [0.5, 0.6) is 0 Å². The first-order valence-electron chi connectivity index (χ1n) is 18.3. The van der Waals surface area contributed by atoms with Gasteiger partial charge in [0, 0.05) is 49.4 Å². The molecule has 0 fully saturated rings. The highest BCUT2D eigenvalue weighted by molar-refractivity contribution is 6.13. The molecule has 254 valence electrons. The van der Waals surface area contributed by atoms with Crippen molar-refractivity contribution < 1.29 is 0 Å². The van der Waals surface area contributed by atoms with Crippen LogP contribution in [0, 0.1) is 22.7 Å². The van der Waals surface area contributed by atoms with Gasteiger partial charge in [-0.1, -0.05) is 91.0 Å². The molecule has 0 amide bonds. The highest BCUT2D eigenvalue weighted by atomic mass is 15.0. The molecule has 0 saturated carbocycles. The molecule has 0 bridgehead atoms. The fourth-order valence-electron chi connectivity index (χ4n) is 8.71. The maximum atomic E-state index is 10.6. The Morgan fingerprint density at radius 1 is 0.327 bits per heavy atom. The van der Waals surface area contributed by atoms with Gasteiger partial charge in [0.25, 0.3) is 0 Å². The lowest BCUT2D eigenvalue weighted by Crippen LogP contribution is -1.97. The van der Waals surface area contributed by atoms with Crippen molar-refractivity contribution in [2.75, 3.05) is 0 Å². The molecule has 5 nitrogen and oxygen atoms in total. The summed E-state index contributed by atoms with van der Waals surface area (Å²) in [6.07, 6.45) is 0. The number of para-hydroxylation sites is 4. The summed E-state index contributed by atoms with van der Waals surface area (Å²) < 4.78 is 6.82. The van der Waals surface area contributed by atoms with E-state index >= 15 is 0 Å². The van der Waals surface area contributed by atoms with Crippen LogP contribution >= 0.6 is 0 Å². The number of nitrogens with zero attached hydrogens (tertiary/aromatic N) is 5. The van der Waals surface area contributed by atoms with Crippen molar-refractivity contribution >= 4 is 65.4 Å². The van der Waals surface area contributed by atoms with Crippen LogP contribution in [0.2, 0.25) is 0 Å². The van der Waals surface area contributed by atoms with Gasteiger partial charge in [-0.05, 0) is 96.1 Å².